The van der Waals surface area contributed by atoms with Crippen LogP contribution in [-0.2, 0) is 22.4 Å². The van der Waals surface area contributed by atoms with E-state index in [-0.39, 0.29) is 17.8 Å². The molecule has 0 radical (unpaired) electrons. The number of carbonyl (C=O) groups is 2. The minimum atomic E-state index is -0.603. The number of carbonyl (C=O) groups excluding carboxylic acids is 2. The van der Waals surface area contributed by atoms with E-state index in [1.54, 1.807) is 0 Å². The molecule has 8 nitrogen and oxygen atoms in total. The number of benzene rings is 1. The number of nitrogens with one attached hydrogen (secondary N) is 2. The van der Waals surface area contributed by atoms with E-state index in [0.29, 0.717) is 30.8 Å². The number of aryl methyl sites for hydroxylation is 1. The molecule has 0 spiro atoms. The Labute approximate surface area is 188 Å². The molecule has 0 atom stereocenters. The number of amides is 2. The standard InChI is InChI=1S/C24H31N5O3/c1-23(2,3)20(30)26-19-17-14-15(29-32-16-10-8-7-9-11-16)12-13-18(17)25-22(27-19)28-21(31)24(4,5)6/h7-11H,12-14H2,1-6H3,(H2,25,26,27,28,30,31)/b29-15-. The maximum absolute atomic E-state index is 12.7. The molecule has 2 aromatic rings. The van der Waals surface area contributed by atoms with E-state index < -0.39 is 10.8 Å². The molecule has 0 saturated heterocycles. The van der Waals surface area contributed by atoms with Gasteiger partial charge in [0.2, 0.25) is 17.8 Å². The van der Waals surface area contributed by atoms with Gasteiger partial charge in [-0.3, -0.25) is 14.9 Å². The lowest BCUT2D eigenvalue weighted by molar-refractivity contribution is -0.123. The summed E-state index contributed by atoms with van der Waals surface area (Å²) in [6, 6.07) is 9.35. The molecule has 1 aliphatic rings. The maximum Gasteiger partial charge on any atom is 0.232 e. The van der Waals surface area contributed by atoms with Crippen LogP contribution in [0.5, 0.6) is 5.75 Å². The molecule has 0 unspecified atom stereocenters. The Kier molecular flexibility index (Phi) is 6.62. The smallest absolute Gasteiger partial charge is 0.232 e. The van der Waals surface area contributed by atoms with Crippen molar-refractivity contribution in [2.45, 2.75) is 60.8 Å². The third kappa shape index (κ3) is 5.90. The molecular weight excluding hydrogens is 406 g/mol. The highest BCUT2D eigenvalue weighted by atomic mass is 16.6. The highest BCUT2D eigenvalue weighted by Gasteiger charge is 2.28. The predicted molar refractivity (Wildman–Crippen MR) is 125 cm³/mol. The van der Waals surface area contributed by atoms with Crippen LogP contribution in [0, 0.1) is 10.8 Å². The lowest BCUT2D eigenvalue weighted by Crippen LogP contribution is -2.32. The quantitative estimate of drug-likeness (QED) is 0.691. The number of aromatic nitrogens is 2. The van der Waals surface area contributed by atoms with E-state index in [1.165, 1.54) is 0 Å². The fourth-order valence-electron chi connectivity index (χ4n) is 2.90. The van der Waals surface area contributed by atoms with Crippen molar-refractivity contribution in [3.05, 3.63) is 41.6 Å². The summed E-state index contributed by atoms with van der Waals surface area (Å²) in [6.07, 6.45) is 1.72. The van der Waals surface area contributed by atoms with Crippen LogP contribution < -0.4 is 15.5 Å². The van der Waals surface area contributed by atoms with Crippen LogP contribution in [0.1, 0.15) is 59.2 Å². The van der Waals surface area contributed by atoms with Gasteiger partial charge in [-0.2, -0.15) is 4.98 Å². The summed E-state index contributed by atoms with van der Waals surface area (Å²) in [7, 11) is 0. The fourth-order valence-corrected chi connectivity index (χ4v) is 2.90. The summed E-state index contributed by atoms with van der Waals surface area (Å²) in [5.41, 5.74) is 1.21. The van der Waals surface area contributed by atoms with Crippen LogP contribution >= 0.6 is 0 Å². The molecule has 1 heterocycles. The Bertz CT molecular complexity index is 1030. The van der Waals surface area contributed by atoms with Gasteiger partial charge in [0.05, 0.1) is 11.4 Å². The lowest BCUT2D eigenvalue weighted by Gasteiger charge is -2.24. The minimum Gasteiger partial charge on any atom is -0.357 e. The molecule has 0 saturated carbocycles. The summed E-state index contributed by atoms with van der Waals surface area (Å²) >= 11 is 0. The van der Waals surface area contributed by atoms with E-state index in [2.05, 4.69) is 25.8 Å². The van der Waals surface area contributed by atoms with Gasteiger partial charge in [-0.25, -0.2) is 4.98 Å². The number of rotatable bonds is 4. The highest BCUT2D eigenvalue weighted by Crippen LogP contribution is 2.28. The molecular formula is C24H31N5O3. The van der Waals surface area contributed by atoms with Crippen molar-refractivity contribution in [2.24, 2.45) is 16.0 Å². The van der Waals surface area contributed by atoms with Gasteiger partial charge in [-0.1, -0.05) is 64.9 Å². The molecule has 2 N–H and O–H groups in total. The first-order valence-corrected chi connectivity index (χ1v) is 10.7. The molecule has 170 valence electrons. The molecule has 1 aromatic carbocycles. The van der Waals surface area contributed by atoms with Crippen LogP contribution in [0.25, 0.3) is 0 Å². The number of para-hydroxylation sites is 1. The number of nitrogens with zero attached hydrogens (tertiary/aromatic N) is 3. The summed E-state index contributed by atoms with van der Waals surface area (Å²) in [5, 5.41) is 10.00. The maximum atomic E-state index is 12.7. The number of oxime groups is 1. The SMILES string of the molecule is CC(C)(C)C(=O)Nc1nc2c(c(NC(=O)C(C)(C)C)n1)C/C(=N\Oc1ccccc1)CC2. The zero-order valence-electron chi connectivity index (χ0n) is 19.6. The predicted octanol–water partition coefficient (Wildman–Crippen LogP) is 4.37. The van der Waals surface area contributed by atoms with Gasteiger partial charge in [0.15, 0.2) is 5.75 Å². The molecule has 0 bridgehead atoms. The van der Waals surface area contributed by atoms with Crippen LogP contribution in [0.3, 0.4) is 0 Å². The van der Waals surface area contributed by atoms with Crippen molar-refractivity contribution in [3.8, 4) is 5.75 Å². The van der Waals surface area contributed by atoms with Gasteiger partial charge in [-0.05, 0) is 25.0 Å². The van der Waals surface area contributed by atoms with Crippen molar-refractivity contribution in [2.75, 3.05) is 10.6 Å². The second kappa shape index (κ2) is 9.06. The average Bonchev–Trinajstić information content (AvgIpc) is 2.71. The monoisotopic (exact) mass is 437 g/mol. The fraction of sp³-hybridized carbons (Fsp3) is 0.458. The molecule has 2 amide bonds. The van der Waals surface area contributed by atoms with Gasteiger partial charge < -0.3 is 10.2 Å². The van der Waals surface area contributed by atoms with Crippen LogP contribution in [0.2, 0.25) is 0 Å². The van der Waals surface area contributed by atoms with Crippen molar-refractivity contribution in [3.63, 3.8) is 0 Å². The first-order chi connectivity index (χ1) is 14.9. The Morgan fingerprint density at radius 2 is 1.53 bits per heavy atom. The Morgan fingerprint density at radius 3 is 2.16 bits per heavy atom. The van der Waals surface area contributed by atoms with Crippen molar-refractivity contribution in [1.82, 2.24) is 9.97 Å². The molecule has 0 aliphatic heterocycles. The largest absolute Gasteiger partial charge is 0.357 e. The van der Waals surface area contributed by atoms with Crippen molar-refractivity contribution < 1.29 is 14.4 Å². The summed E-state index contributed by atoms with van der Waals surface area (Å²) in [5.74, 6) is 0.875. The molecule has 3 rings (SSSR count). The highest BCUT2D eigenvalue weighted by molar-refractivity contribution is 5.97. The van der Waals surface area contributed by atoms with Gasteiger partial charge in [0.25, 0.3) is 0 Å². The Hall–Kier alpha value is -3.29. The van der Waals surface area contributed by atoms with Gasteiger partial charge in [0, 0.05) is 22.8 Å². The van der Waals surface area contributed by atoms with E-state index in [9.17, 15) is 9.59 Å². The molecule has 0 fully saturated rings. The van der Waals surface area contributed by atoms with Crippen LogP contribution in [0.4, 0.5) is 11.8 Å². The second-order valence-electron chi connectivity index (χ2n) is 9.97. The molecule has 8 heteroatoms. The minimum absolute atomic E-state index is 0.170. The van der Waals surface area contributed by atoms with Gasteiger partial charge in [-0.15, -0.1) is 0 Å². The van der Waals surface area contributed by atoms with E-state index in [4.69, 9.17) is 4.84 Å². The van der Waals surface area contributed by atoms with E-state index in [0.717, 1.165) is 17.0 Å². The summed E-state index contributed by atoms with van der Waals surface area (Å²) in [6.45, 7) is 11.0. The Morgan fingerprint density at radius 1 is 0.906 bits per heavy atom. The summed E-state index contributed by atoms with van der Waals surface area (Å²) < 4.78 is 0. The van der Waals surface area contributed by atoms with Crippen molar-refractivity contribution in [1.29, 1.82) is 0 Å². The Balaban J connectivity index is 1.91. The van der Waals surface area contributed by atoms with Crippen molar-refractivity contribution >= 4 is 29.3 Å². The second-order valence-corrected chi connectivity index (χ2v) is 9.97. The number of anilines is 2. The number of hydrogen-bond acceptors (Lipinski definition) is 6. The topological polar surface area (TPSA) is 106 Å². The van der Waals surface area contributed by atoms with Gasteiger partial charge in [0.1, 0.15) is 5.82 Å². The third-order valence-corrected chi connectivity index (χ3v) is 4.97. The number of fused-ring (bicyclic) bond motifs is 1. The van der Waals surface area contributed by atoms with E-state index in [1.807, 2.05) is 71.9 Å². The first-order valence-electron chi connectivity index (χ1n) is 10.7. The van der Waals surface area contributed by atoms with Gasteiger partial charge >= 0.3 is 0 Å². The normalized spacial score (nSPS) is 15.1. The summed E-state index contributed by atoms with van der Waals surface area (Å²) in [4.78, 5) is 39.7. The molecule has 1 aromatic heterocycles. The third-order valence-electron chi connectivity index (χ3n) is 4.97. The molecule has 1 aliphatic carbocycles. The number of hydrogen-bond donors (Lipinski definition) is 2. The lowest BCUT2D eigenvalue weighted by atomic mass is 9.93. The average molecular weight is 438 g/mol. The molecule has 32 heavy (non-hydrogen) atoms. The van der Waals surface area contributed by atoms with Crippen LogP contribution in [0.15, 0.2) is 35.5 Å². The zero-order chi connectivity index (χ0) is 23.5. The van der Waals surface area contributed by atoms with E-state index >= 15 is 0 Å². The van der Waals surface area contributed by atoms with Crippen LogP contribution in [-0.4, -0.2) is 27.5 Å². The first kappa shape index (κ1) is 23.4. The zero-order valence-corrected chi connectivity index (χ0v) is 19.6.